The van der Waals surface area contributed by atoms with E-state index in [2.05, 4.69) is 15.0 Å². The van der Waals surface area contributed by atoms with Crippen molar-refractivity contribution in [3.05, 3.63) is 53.2 Å². The van der Waals surface area contributed by atoms with Crippen LogP contribution in [0.5, 0.6) is 0 Å². The summed E-state index contributed by atoms with van der Waals surface area (Å²) < 4.78 is 37.1. The molecule has 33 heavy (non-hydrogen) atoms. The number of rotatable bonds is 7. The number of nitrogens with zero attached hydrogens (tertiary/aromatic N) is 2. The zero-order valence-corrected chi connectivity index (χ0v) is 19.3. The minimum Gasteiger partial charge on any atom is -0.465 e. The summed E-state index contributed by atoms with van der Waals surface area (Å²) in [6.07, 6.45) is 1.81. The molecule has 12 heteroatoms. The molecule has 3 rings (SSSR count). The molecule has 10 nitrogen and oxygen atoms in total. The van der Waals surface area contributed by atoms with Gasteiger partial charge in [-0.05, 0) is 37.1 Å². The van der Waals surface area contributed by atoms with Crippen LogP contribution in [0.25, 0.3) is 0 Å². The fourth-order valence-corrected chi connectivity index (χ4v) is 5.09. The average Bonchev–Trinajstić information content (AvgIpc) is 2.83. The number of anilines is 1. The lowest BCUT2D eigenvalue weighted by Gasteiger charge is -2.30. The van der Waals surface area contributed by atoms with E-state index in [1.807, 2.05) is 0 Å². The highest BCUT2D eigenvalue weighted by atomic mass is 35.5. The number of carbonyl (C=O) groups is 3. The van der Waals surface area contributed by atoms with E-state index < -0.39 is 40.4 Å². The largest absolute Gasteiger partial charge is 0.465 e. The fraction of sp³-hybridized carbons (Fsp3) is 0.333. The van der Waals surface area contributed by atoms with Crippen molar-refractivity contribution in [3.8, 4) is 0 Å². The number of carbonyl (C=O) groups excluding carboxylic acids is 3. The van der Waals surface area contributed by atoms with Crippen molar-refractivity contribution >= 4 is 45.3 Å². The van der Waals surface area contributed by atoms with Gasteiger partial charge in [-0.2, -0.15) is 4.31 Å². The summed E-state index contributed by atoms with van der Waals surface area (Å²) in [5, 5.41) is 2.90. The molecule has 1 N–H and O–H groups in total. The van der Waals surface area contributed by atoms with Crippen LogP contribution < -0.4 is 5.32 Å². The number of hydrogen-bond acceptors (Lipinski definition) is 8. The zero-order valence-electron chi connectivity index (χ0n) is 17.7. The topological polar surface area (TPSA) is 132 Å². The van der Waals surface area contributed by atoms with E-state index in [0.29, 0.717) is 5.02 Å². The van der Waals surface area contributed by atoms with Gasteiger partial charge in [0.05, 0.1) is 28.5 Å². The number of nitrogens with one attached hydrogen (secondary N) is 1. The number of piperidine rings is 1. The van der Waals surface area contributed by atoms with Crippen molar-refractivity contribution in [2.75, 3.05) is 32.1 Å². The highest BCUT2D eigenvalue weighted by Crippen LogP contribution is 2.27. The molecule has 1 aliphatic heterocycles. The van der Waals surface area contributed by atoms with Crippen LogP contribution in [0.1, 0.15) is 23.2 Å². The molecule has 0 aliphatic carbocycles. The van der Waals surface area contributed by atoms with Gasteiger partial charge in [0.1, 0.15) is 5.82 Å². The lowest BCUT2D eigenvalue weighted by Crippen LogP contribution is -2.41. The minimum absolute atomic E-state index is 0.0530. The van der Waals surface area contributed by atoms with Gasteiger partial charge in [0.15, 0.2) is 6.61 Å². The van der Waals surface area contributed by atoms with Crippen molar-refractivity contribution in [3.63, 3.8) is 0 Å². The Bertz CT molecular complexity index is 1130. The van der Waals surface area contributed by atoms with Crippen molar-refractivity contribution < 1.29 is 32.3 Å². The van der Waals surface area contributed by atoms with E-state index in [0.717, 1.165) is 0 Å². The van der Waals surface area contributed by atoms with Gasteiger partial charge in [-0.1, -0.05) is 23.7 Å². The molecule has 2 aromatic rings. The Morgan fingerprint density at radius 2 is 1.85 bits per heavy atom. The predicted octanol–water partition coefficient (Wildman–Crippen LogP) is 2.10. The summed E-state index contributed by atoms with van der Waals surface area (Å²) in [7, 11) is -2.78. The van der Waals surface area contributed by atoms with E-state index >= 15 is 0 Å². The first-order valence-corrected chi connectivity index (χ1v) is 11.8. The summed E-state index contributed by atoms with van der Waals surface area (Å²) in [5.41, 5.74) is -0.0530. The smallest absolute Gasteiger partial charge is 0.339 e. The van der Waals surface area contributed by atoms with E-state index in [9.17, 15) is 22.8 Å². The Labute approximate surface area is 195 Å². The van der Waals surface area contributed by atoms with Gasteiger partial charge in [-0.15, -0.1) is 0 Å². The molecule has 1 aromatic carbocycles. The highest BCUT2D eigenvalue weighted by molar-refractivity contribution is 7.89. The number of amides is 1. The number of aromatic nitrogens is 1. The molecule has 1 fully saturated rings. The number of esters is 2. The number of methoxy groups -OCH3 is 1. The van der Waals surface area contributed by atoms with Crippen LogP contribution in [0.4, 0.5) is 5.82 Å². The van der Waals surface area contributed by atoms with E-state index in [4.69, 9.17) is 16.3 Å². The molecule has 0 spiro atoms. The first kappa shape index (κ1) is 24.6. The number of hydrogen-bond donors (Lipinski definition) is 1. The number of benzene rings is 1. The van der Waals surface area contributed by atoms with Crippen molar-refractivity contribution in [2.45, 2.75) is 17.7 Å². The van der Waals surface area contributed by atoms with Crippen molar-refractivity contribution in [2.24, 2.45) is 5.92 Å². The zero-order chi connectivity index (χ0) is 24.0. The van der Waals surface area contributed by atoms with Gasteiger partial charge in [0.2, 0.25) is 10.0 Å². The van der Waals surface area contributed by atoms with Gasteiger partial charge in [0.25, 0.3) is 5.91 Å². The lowest BCUT2D eigenvalue weighted by molar-refractivity contribution is -0.152. The third-order valence-corrected chi connectivity index (χ3v) is 7.22. The summed E-state index contributed by atoms with van der Waals surface area (Å²) in [4.78, 5) is 40.0. The second kappa shape index (κ2) is 10.7. The molecule has 1 amide bonds. The maximum atomic E-state index is 13.0. The van der Waals surface area contributed by atoms with Gasteiger partial charge in [0, 0.05) is 19.3 Å². The summed E-state index contributed by atoms with van der Waals surface area (Å²) in [6, 6.07) is 8.86. The molecule has 176 valence electrons. The first-order chi connectivity index (χ1) is 15.7. The third kappa shape index (κ3) is 6.06. The molecule has 1 aliphatic rings. The Hall–Kier alpha value is -3.02. The monoisotopic (exact) mass is 495 g/mol. The molecule has 0 bridgehead atoms. The van der Waals surface area contributed by atoms with Crippen LogP contribution >= 0.6 is 11.6 Å². The fourth-order valence-electron chi connectivity index (χ4n) is 3.32. The van der Waals surface area contributed by atoms with E-state index in [1.54, 1.807) is 12.1 Å². The number of halogens is 1. The molecule has 2 heterocycles. The molecule has 1 aromatic heterocycles. The van der Waals surface area contributed by atoms with Gasteiger partial charge >= 0.3 is 11.9 Å². The first-order valence-electron chi connectivity index (χ1n) is 9.98. The maximum absolute atomic E-state index is 13.0. The van der Waals surface area contributed by atoms with Crippen LogP contribution in [-0.4, -0.2) is 62.4 Å². The Morgan fingerprint density at radius 3 is 2.48 bits per heavy atom. The van der Waals surface area contributed by atoms with Gasteiger partial charge < -0.3 is 14.8 Å². The predicted molar refractivity (Wildman–Crippen MR) is 118 cm³/mol. The molecule has 0 radical (unpaired) electrons. The van der Waals surface area contributed by atoms with E-state index in [-0.39, 0.29) is 42.2 Å². The lowest BCUT2D eigenvalue weighted by atomic mass is 9.98. The average molecular weight is 496 g/mol. The Morgan fingerprint density at radius 1 is 1.15 bits per heavy atom. The molecular weight excluding hydrogens is 474 g/mol. The molecule has 0 atom stereocenters. The van der Waals surface area contributed by atoms with Crippen LogP contribution in [-0.2, 0) is 29.1 Å². The highest BCUT2D eigenvalue weighted by Gasteiger charge is 2.35. The summed E-state index contributed by atoms with van der Waals surface area (Å²) >= 11 is 5.73. The Kier molecular flexibility index (Phi) is 8.01. The van der Waals surface area contributed by atoms with Gasteiger partial charge in [-0.25, -0.2) is 18.2 Å². The van der Waals surface area contributed by atoms with Crippen LogP contribution in [0.15, 0.2) is 47.5 Å². The normalized spacial score (nSPS) is 15.0. The van der Waals surface area contributed by atoms with Crippen molar-refractivity contribution in [1.82, 2.24) is 9.29 Å². The molecule has 0 saturated carbocycles. The molecule has 1 saturated heterocycles. The maximum Gasteiger partial charge on any atom is 0.339 e. The SMILES string of the molecule is COC(=O)c1ccccc1S(=O)(=O)N1CCC(C(=O)OCC(=O)Nc2ccc(Cl)cn2)CC1. The molecule has 0 unspecified atom stereocenters. The van der Waals surface area contributed by atoms with Crippen LogP contribution in [0.2, 0.25) is 5.02 Å². The second-order valence-electron chi connectivity index (χ2n) is 7.18. The number of ether oxygens (including phenoxy) is 2. The molecular formula is C21H22ClN3O7S. The van der Waals surface area contributed by atoms with Crippen molar-refractivity contribution in [1.29, 1.82) is 0 Å². The minimum atomic E-state index is -3.96. The number of sulfonamides is 1. The van der Waals surface area contributed by atoms with E-state index in [1.165, 1.54) is 41.9 Å². The number of pyridine rings is 1. The van der Waals surface area contributed by atoms with Gasteiger partial charge in [-0.3, -0.25) is 9.59 Å². The summed E-state index contributed by atoms with van der Waals surface area (Å²) in [6.45, 7) is -0.356. The quantitative estimate of drug-likeness (QED) is 0.577. The Balaban J connectivity index is 1.54. The summed E-state index contributed by atoms with van der Waals surface area (Å²) in [5.74, 6) is -2.17. The van der Waals surface area contributed by atoms with Crippen LogP contribution in [0, 0.1) is 5.92 Å². The second-order valence-corrected chi connectivity index (χ2v) is 9.53. The standard InChI is InChI=1S/C21H22ClN3O7S/c1-31-21(28)16-4-2-3-5-17(16)33(29,30)25-10-8-14(9-11-25)20(27)32-13-19(26)24-18-7-6-15(22)12-23-18/h2-7,12,14H,8-11,13H2,1H3,(H,23,24,26). The van der Waals surface area contributed by atoms with Crippen LogP contribution in [0.3, 0.4) is 0 Å². The third-order valence-electron chi connectivity index (χ3n) is 5.04.